The molecule has 3 aromatic rings. The van der Waals surface area contributed by atoms with Gasteiger partial charge in [-0.1, -0.05) is 6.07 Å². The van der Waals surface area contributed by atoms with Gasteiger partial charge in [0.15, 0.2) is 6.23 Å². The van der Waals surface area contributed by atoms with Crippen LogP contribution in [0.15, 0.2) is 41.1 Å². The molecule has 0 radical (unpaired) electrons. The minimum atomic E-state index is -2.39. The van der Waals surface area contributed by atoms with E-state index in [9.17, 15) is 8.78 Å². The van der Waals surface area contributed by atoms with Crippen LogP contribution in [0.1, 0.15) is 48.4 Å². The molecule has 30 heavy (non-hydrogen) atoms. The van der Waals surface area contributed by atoms with Crippen LogP contribution in [-0.4, -0.2) is 45.8 Å². The van der Waals surface area contributed by atoms with Gasteiger partial charge in [-0.3, -0.25) is 9.88 Å². The molecule has 158 valence electrons. The minimum Gasteiger partial charge on any atom is -0.356 e. The molecule has 2 aliphatic rings. The highest BCUT2D eigenvalue weighted by atomic mass is 79.9. The van der Waals surface area contributed by atoms with E-state index in [0.29, 0.717) is 13.0 Å². The Kier molecular flexibility index (Phi) is 5.56. The molecule has 0 N–H and O–H groups in total. The third-order valence-corrected chi connectivity index (χ3v) is 6.54. The zero-order valence-electron chi connectivity index (χ0n) is 16.5. The number of pyridine rings is 1. The molecule has 0 aliphatic carbocycles. The molecule has 5 nitrogen and oxygen atoms in total. The zero-order valence-corrected chi connectivity index (χ0v) is 18.1. The van der Waals surface area contributed by atoms with Gasteiger partial charge in [-0.25, -0.2) is 13.5 Å². The maximum absolute atomic E-state index is 13.3. The van der Waals surface area contributed by atoms with Crippen molar-refractivity contribution in [3.05, 3.63) is 58.0 Å². The van der Waals surface area contributed by atoms with Gasteiger partial charge in [0, 0.05) is 29.2 Å². The van der Waals surface area contributed by atoms with Gasteiger partial charge in [0.05, 0.1) is 30.0 Å². The minimum absolute atomic E-state index is 0.0304. The van der Waals surface area contributed by atoms with Crippen LogP contribution in [0.25, 0.3) is 10.9 Å². The SMILES string of the molecule is FC(F)CN1CCc2c(ccc3c2cnn3C2CCCCO2)C1c1ccc(Br)cn1. The van der Waals surface area contributed by atoms with E-state index in [2.05, 4.69) is 38.1 Å². The van der Waals surface area contributed by atoms with E-state index >= 15 is 0 Å². The van der Waals surface area contributed by atoms with E-state index in [4.69, 9.17) is 4.74 Å². The maximum Gasteiger partial charge on any atom is 0.251 e. The predicted octanol–water partition coefficient (Wildman–Crippen LogP) is 5.11. The highest BCUT2D eigenvalue weighted by Crippen LogP contribution is 2.39. The summed E-state index contributed by atoms with van der Waals surface area (Å²) in [5, 5.41) is 5.72. The monoisotopic (exact) mass is 476 g/mol. The van der Waals surface area contributed by atoms with Gasteiger partial charge < -0.3 is 4.74 Å². The zero-order chi connectivity index (χ0) is 20.7. The molecule has 1 fully saturated rings. The summed E-state index contributed by atoms with van der Waals surface area (Å²) in [5.74, 6) is 0. The van der Waals surface area contributed by atoms with E-state index < -0.39 is 6.43 Å². The first kappa shape index (κ1) is 20.0. The Labute approximate surface area is 182 Å². The second kappa shape index (κ2) is 8.32. The number of fused-ring (bicyclic) bond motifs is 3. The van der Waals surface area contributed by atoms with Gasteiger partial charge in [-0.05, 0) is 70.9 Å². The van der Waals surface area contributed by atoms with Crippen molar-refractivity contribution < 1.29 is 13.5 Å². The molecule has 2 atom stereocenters. The van der Waals surface area contributed by atoms with Crippen LogP contribution in [0.2, 0.25) is 0 Å². The average molecular weight is 477 g/mol. The summed E-state index contributed by atoms with van der Waals surface area (Å²) < 4.78 is 35.4. The molecule has 0 bridgehead atoms. The van der Waals surface area contributed by atoms with Crippen molar-refractivity contribution in [2.75, 3.05) is 19.7 Å². The maximum atomic E-state index is 13.3. The summed E-state index contributed by atoms with van der Waals surface area (Å²) in [5.41, 5.74) is 4.04. The summed E-state index contributed by atoms with van der Waals surface area (Å²) in [7, 11) is 0. The highest BCUT2D eigenvalue weighted by molar-refractivity contribution is 9.10. The van der Waals surface area contributed by atoms with Crippen molar-refractivity contribution in [2.45, 2.75) is 44.4 Å². The van der Waals surface area contributed by atoms with E-state index in [1.54, 1.807) is 6.20 Å². The molecular weight excluding hydrogens is 454 g/mol. The van der Waals surface area contributed by atoms with Gasteiger partial charge in [0.25, 0.3) is 6.43 Å². The van der Waals surface area contributed by atoms with Crippen LogP contribution in [0, 0.1) is 0 Å². The van der Waals surface area contributed by atoms with Gasteiger partial charge in [0.2, 0.25) is 0 Å². The number of ether oxygens (including phenoxy) is 1. The summed E-state index contributed by atoms with van der Waals surface area (Å²) >= 11 is 3.41. The lowest BCUT2D eigenvalue weighted by Crippen LogP contribution is -2.39. The van der Waals surface area contributed by atoms with Crippen LogP contribution < -0.4 is 0 Å². The topological polar surface area (TPSA) is 43.2 Å². The molecule has 0 saturated carbocycles. The molecular formula is C22H23BrF2N4O. The first-order valence-electron chi connectivity index (χ1n) is 10.4. The summed E-state index contributed by atoms with van der Waals surface area (Å²) in [4.78, 5) is 6.38. The molecule has 5 rings (SSSR count). The Morgan fingerprint density at radius 1 is 1.17 bits per heavy atom. The van der Waals surface area contributed by atoms with Crippen molar-refractivity contribution >= 4 is 26.8 Å². The summed E-state index contributed by atoms with van der Waals surface area (Å²) in [6, 6.07) is 7.64. The van der Waals surface area contributed by atoms with Crippen LogP contribution in [-0.2, 0) is 11.2 Å². The number of hydrogen-bond acceptors (Lipinski definition) is 4. The molecule has 2 aromatic heterocycles. The van der Waals surface area contributed by atoms with Crippen LogP contribution in [0.4, 0.5) is 8.78 Å². The Balaban J connectivity index is 1.59. The number of alkyl halides is 2. The normalized spacial score (nSPS) is 22.5. The van der Waals surface area contributed by atoms with Crippen LogP contribution >= 0.6 is 15.9 Å². The number of nitrogens with zero attached hydrogens (tertiary/aromatic N) is 4. The Morgan fingerprint density at radius 2 is 2.07 bits per heavy atom. The van der Waals surface area contributed by atoms with E-state index in [1.807, 2.05) is 27.9 Å². The number of benzene rings is 1. The van der Waals surface area contributed by atoms with Crippen molar-refractivity contribution in [1.29, 1.82) is 0 Å². The van der Waals surface area contributed by atoms with Crippen molar-refractivity contribution in [2.24, 2.45) is 0 Å². The number of hydrogen-bond donors (Lipinski definition) is 0. The highest BCUT2D eigenvalue weighted by Gasteiger charge is 2.33. The summed E-state index contributed by atoms with van der Waals surface area (Å²) in [6.07, 6.45) is 5.11. The van der Waals surface area contributed by atoms with E-state index in [0.717, 1.165) is 52.5 Å². The third kappa shape index (κ3) is 3.65. The molecule has 1 aromatic carbocycles. The van der Waals surface area contributed by atoms with Crippen molar-refractivity contribution in [1.82, 2.24) is 19.7 Å². The standard InChI is InChI=1S/C22H23BrF2N4O/c23-14-4-6-18(26-11-14)22-16-5-7-19-17(15(16)8-9-28(22)13-20(24)25)12-27-29(19)21-3-1-2-10-30-21/h4-7,11-12,20-22H,1-3,8-10,13H2. The number of aromatic nitrogens is 3. The molecule has 2 aliphatic heterocycles. The average Bonchev–Trinajstić information content (AvgIpc) is 3.19. The first-order valence-corrected chi connectivity index (χ1v) is 11.2. The lowest BCUT2D eigenvalue weighted by molar-refractivity contribution is -0.0366. The first-order chi connectivity index (χ1) is 14.6. The summed E-state index contributed by atoms with van der Waals surface area (Å²) in [6.45, 7) is 1.05. The van der Waals surface area contributed by atoms with Gasteiger partial charge >= 0.3 is 0 Å². The van der Waals surface area contributed by atoms with Gasteiger partial charge in [0.1, 0.15) is 0 Å². The number of rotatable bonds is 4. The fourth-order valence-electron chi connectivity index (χ4n) is 4.73. The van der Waals surface area contributed by atoms with Crippen LogP contribution in [0.5, 0.6) is 0 Å². The van der Waals surface area contributed by atoms with E-state index in [1.165, 1.54) is 5.56 Å². The van der Waals surface area contributed by atoms with E-state index in [-0.39, 0.29) is 18.8 Å². The number of halogens is 3. The predicted molar refractivity (Wildman–Crippen MR) is 114 cm³/mol. The smallest absolute Gasteiger partial charge is 0.251 e. The second-order valence-electron chi connectivity index (χ2n) is 7.92. The van der Waals surface area contributed by atoms with Crippen LogP contribution in [0.3, 0.4) is 0 Å². The van der Waals surface area contributed by atoms with Gasteiger partial charge in [-0.2, -0.15) is 5.10 Å². The van der Waals surface area contributed by atoms with Crippen molar-refractivity contribution in [3.8, 4) is 0 Å². The fraction of sp³-hybridized carbons (Fsp3) is 0.455. The molecule has 8 heteroatoms. The van der Waals surface area contributed by atoms with Crippen molar-refractivity contribution in [3.63, 3.8) is 0 Å². The Bertz CT molecular complexity index is 1030. The molecule has 2 unspecified atom stereocenters. The Hall–Kier alpha value is -1.90. The fourth-order valence-corrected chi connectivity index (χ4v) is 4.96. The second-order valence-corrected chi connectivity index (χ2v) is 8.83. The lowest BCUT2D eigenvalue weighted by atomic mass is 9.88. The molecule has 0 spiro atoms. The van der Waals surface area contributed by atoms with Gasteiger partial charge in [-0.15, -0.1) is 0 Å². The molecule has 4 heterocycles. The molecule has 1 saturated heterocycles. The lowest BCUT2D eigenvalue weighted by Gasteiger charge is -2.37. The largest absolute Gasteiger partial charge is 0.356 e. The molecule has 0 amide bonds. The third-order valence-electron chi connectivity index (χ3n) is 6.07. The Morgan fingerprint density at radius 3 is 2.80 bits per heavy atom. The quantitative estimate of drug-likeness (QED) is 0.524.